The molecule has 0 spiro atoms. The van der Waals surface area contributed by atoms with E-state index in [2.05, 4.69) is 46.6 Å². The van der Waals surface area contributed by atoms with E-state index in [9.17, 15) is 4.79 Å². The van der Waals surface area contributed by atoms with Crippen LogP contribution in [0.15, 0.2) is 53.2 Å². The van der Waals surface area contributed by atoms with Crippen LogP contribution in [0.5, 0.6) is 0 Å². The first-order chi connectivity index (χ1) is 11.7. The summed E-state index contributed by atoms with van der Waals surface area (Å²) >= 11 is 0. The van der Waals surface area contributed by atoms with E-state index in [0.29, 0.717) is 18.2 Å². The summed E-state index contributed by atoms with van der Waals surface area (Å²) in [6.07, 6.45) is 7.05. The fraction of sp³-hybridized carbons (Fsp3) is 0.350. The first-order valence-corrected chi connectivity index (χ1v) is 8.48. The summed E-state index contributed by atoms with van der Waals surface area (Å²) in [5, 5.41) is 2.99. The Labute approximate surface area is 143 Å². The molecule has 0 radical (unpaired) electrons. The Morgan fingerprint density at radius 2 is 2.17 bits per heavy atom. The lowest BCUT2D eigenvalue weighted by atomic mass is 10.1. The molecular formula is C20H24N2O2. The predicted octanol–water partition coefficient (Wildman–Crippen LogP) is 3.35. The molecule has 1 aromatic carbocycles. The van der Waals surface area contributed by atoms with Gasteiger partial charge in [0.05, 0.1) is 6.26 Å². The fourth-order valence-electron chi connectivity index (χ4n) is 3.07. The maximum atomic E-state index is 12.1. The molecule has 126 valence electrons. The van der Waals surface area contributed by atoms with E-state index < -0.39 is 0 Å². The van der Waals surface area contributed by atoms with Gasteiger partial charge in [0.25, 0.3) is 5.91 Å². The molecule has 1 atom stereocenters. The normalized spacial score (nSPS) is 18.3. The molecule has 1 saturated heterocycles. The lowest BCUT2D eigenvalue weighted by Crippen LogP contribution is -2.31. The molecule has 1 aliphatic rings. The summed E-state index contributed by atoms with van der Waals surface area (Å²) in [6, 6.07) is 12.2. The highest BCUT2D eigenvalue weighted by Gasteiger charge is 2.22. The lowest BCUT2D eigenvalue weighted by Gasteiger charge is -2.14. The number of rotatable bonds is 6. The van der Waals surface area contributed by atoms with Gasteiger partial charge in [-0.2, -0.15) is 0 Å². The Balaban J connectivity index is 1.40. The van der Waals surface area contributed by atoms with Crippen LogP contribution in [0.4, 0.5) is 0 Å². The number of hydrogen-bond acceptors (Lipinski definition) is 3. The van der Waals surface area contributed by atoms with Gasteiger partial charge in [-0.05, 0) is 37.4 Å². The van der Waals surface area contributed by atoms with E-state index in [1.165, 1.54) is 5.56 Å². The Morgan fingerprint density at radius 3 is 2.92 bits per heavy atom. The van der Waals surface area contributed by atoms with Crippen LogP contribution in [0.3, 0.4) is 0 Å². The number of benzene rings is 1. The molecule has 0 bridgehead atoms. The van der Waals surface area contributed by atoms with Crippen molar-refractivity contribution < 1.29 is 9.21 Å². The summed E-state index contributed by atoms with van der Waals surface area (Å²) < 4.78 is 5.23. The van der Waals surface area contributed by atoms with Gasteiger partial charge in [0.15, 0.2) is 5.76 Å². The molecule has 1 aromatic heterocycles. The average Bonchev–Trinajstić information content (AvgIpc) is 3.23. The van der Waals surface area contributed by atoms with E-state index in [-0.39, 0.29) is 5.91 Å². The molecular weight excluding hydrogens is 300 g/mol. The maximum Gasteiger partial charge on any atom is 0.287 e. The topological polar surface area (TPSA) is 45.5 Å². The largest absolute Gasteiger partial charge is 0.459 e. The number of nitrogens with one attached hydrogen (secondary N) is 1. The molecule has 4 heteroatoms. The zero-order chi connectivity index (χ0) is 16.8. The van der Waals surface area contributed by atoms with Crippen molar-refractivity contribution in [2.24, 2.45) is 5.92 Å². The zero-order valence-electron chi connectivity index (χ0n) is 14.1. The Kier molecular flexibility index (Phi) is 5.49. The maximum absolute atomic E-state index is 12.1. The Bertz CT molecular complexity index is 691. The van der Waals surface area contributed by atoms with Gasteiger partial charge in [0.1, 0.15) is 0 Å². The number of carbonyl (C=O) groups excluding carboxylic acids is 1. The van der Waals surface area contributed by atoms with E-state index >= 15 is 0 Å². The molecule has 1 amide bonds. The summed E-state index contributed by atoms with van der Waals surface area (Å²) in [6.45, 7) is 5.65. The summed E-state index contributed by atoms with van der Waals surface area (Å²) in [5.74, 6) is 0.824. The van der Waals surface area contributed by atoms with Gasteiger partial charge in [-0.15, -0.1) is 0 Å². The molecule has 4 nitrogen and oxygen atoms in total. The van der Waals surface area contributed by atoms with Crippen LogP contribution >= 0.6 is 0 Å². The monoisotopic (exact) mass is 324 g/mol. The first kappa shape index (κ1) is 16.5. The predicted molar refractivity (Wildman–Crippen MR) is 95.8 cm³/mol. The van der Waals surface area contributed by atoms with Gasteiger partial charge in [-0.1, -0.05) is 42.5 Å². The third-order valence-electron chi connectivity index (χ3n) is 4.46. The highest BCUT2D eigenvalue weighted by molar-refractivity contribution is 5.92. The van der Waals surface area contributed by atoms with Crippen molar-refractivity contribution in [1.29, 1.82) is 0 Å². The van der Waals surface area contributed by atoms with Crippen LogP contribution in [-0.2, 0) is 0 Å². The van der Waals surface area contributed by atoms with Crippen molar-refractivity contribution in [1.82, 2.24) is 10.2 Å². The highest BCUT2D eigenvalue weighted by atomic mass is 16.3. The van der Waals surface area contributed by atoms with Crippen molar-refractivity contribution in [3.8, 4) is 0 Å². The Hall–Kier alpha value is -2.33. The number of amides is 1. The zero-order valence-corrected chi connectivity index (χ0v) is 14.1. The second kappa shape index (κ2) is 7.97. The quantitative estimate of drug-likeness (QED) is 0.886. The molecule has 3 rings (SSSR count). The number of furan rings is 1. The summed E-state index contributed by atoms with van der Waals surface area (Å²) in [5.41, 5.74) is 2.11. The SMILES string of the molecule is Cc1ccoc1C(=O)NCC1CCN(CC=Cc2ccccc2)C1. The highest BCUT2D eigenvalue weighted by Crippen LogP contribution is 2.16. The Morgan fingerprint density at radius 1 is 1.33 bits per heavy atom. The molecule has 1 aliphatic heterocycles. The van der Waals surface area contributed by atoms with Gasteiger partial charge in [-0.25, -0.2) is 0 Å². The van der Waals surface area contributed by atoms with Crippen LogP contribution < -0.4 is 5.32 Å². The van der Waals surface area contributed by atoms with E-state index in [0.717, 1.165) is 31.6 Å². The third-order valence-corrected chi connectivity index (χ3v) is 4.46. The summed E-state index contributed by atoms with van der Waals surface area (Å²) in [4.78, 5) is 14.5. The van der Waals surface area contributed by atoms with E-state index in [1.54, 1.807) is 6.26 Å². The number of likely N-dealkylation sites (tertiary alicyclic amines) is 1. The van der Waals surface area contributed by atoms with E-state index in [1.807, 2.05) is 19.1 Å². The molecule has 1 fully saturated rings. The molecule has 0 saturated carbocycles. The number of aryl methyl sites for hydroxylation is 1. The van der Waals surface area contributed by atoms with Gasteiger partial charge < -0.3 is 9.73 Å². The van der Waals surface area contributed by atoms with Crippen LogP contribution in [0, 0.1) is 12.8 Å². The van der Waals surface area contributed by atoms with Crippen molar-refractivity contribution in [2.75, 3.05) is 26.2 Å². The molecule has 24 heavy (non-hydrogen) atoms. The molecule has 1 N–H and O–H groups in total. The van der Waals surface area contributed by atoms with Crippen molar-refractivity contribution in [3.63, 3.8) is 0 Å². The molecule has 1 unspecified atom stereocenters. The second-order valence-corrected chi connectivity index (χ2v) is 6.37. The van der Waals surface area contributed by atoms with Crippen molar-refractivity contribution >= 4 is 12.0 Å². The van der Waals surface area contributed by atoms with Crippen LogP contribution in [-0.4, -0.2) is 37.0 Å². The molecule has 2 aromatic rings. The van der Waals surface area contributed by atoms with Gasteiger partial charge in [0.2, 0.25) is 0 Å². The molecule has 2 heterocycles. The van der Waals surface area contributed by atoms with Crippen LogP contribution in [0.25, 0.3) is 6.08 Å². The molecule has 0 aliphatic carbocycles. The van der Waals surface area contributed by atoms with Crippen molar-refractivity contribution in [3.05, 3.63) is 65.6 Å². The standard InChI is InChI=1S/C20H24N2O2/c1-16-10-13-24-19(16)20(23)21-14-18-9-12-22(15-18)11-5-8-17-6-3-2-4-7-17/h2-8,10,13,18H,9,11-12,14-15H2,1H3,(H,21,23). The number of hydrogen-bond donors (Lipinski definition) is 1. The minimum Gasteiger partial charge on any atom is -0.459 e. The minimum absolute atomic E-state index is 0.111. The van der Waals surface area contributed by atoms with Gasteiger partial charge in [-0.3, -0.25) is 9.69 Å². The third kappa shape index (κ3) is 4.36. The van der Waals surface area contributed by atoms with Crippen LogP contribution in [0.2, 0.25) is 0 Å². The minimum atomic E-state index is -0.111. The van der Waals surface area contributed by atoms with Crippen molar-refractivity contribution in [2.45, 2.75) is 13.3 Å². The van der Waals surface area contributed by atoms with E-state index in [4.69, 9.17) is 4.42 Å². The summed E-state index contributed by atoms with van der Waals surface area (Å²) in [7, 11) is 0. The van der Waals surface area contributed by atoms with Gasteiger partial charge >= 0.3 is 0 Å². The van der Waals surface area contributed by atoms with Gasteiger partial charge in [0, 0.05) is 25.2 Å². The second-order valence-electron chi connectivity index (χ2n) is 6.37. The number of nitrogens with zero attached hydrogens (tertiary/aromatic N) is 1. The number of carbonyl (C=O) groups is 1. The van der Waals surface area contributed by atoms with Crippen LogP contribution in [0.1, 0.15) is 28.1 Å². The lowest BCUT2D eigenvalue weighted by molar-refractivity contribution is 0.0919. The first-order valence-electron chi connectivity index (χ1n) is 8.48. The smallest absolute Gasteiger partial charge is 0.287 e. The average molecular weight is 324 g/mol. The fourth-order valence-corrected chi connectivity index (χ4v) is 3.07.